The van der Waals surface area contributed by atoms with Crippen molar-refractivity contribution in [1.82, 2.24) is 4.90 Å². The van der Waals surface area contributed by atoms with Crippen LogP contribution in [0.1, 0.15) is 63.2 Å². The Labute approximate surface area is 202 Å². The summed E-state index contributed by atoms with van der Waals surface area (Å²) in [6, 6.07) is 17.3. The summed E-state index contributed by atoms with van der Waals surface area (Å²) in [4.78, 5) is 25.8. The molecule has 0 fully saturated rings. The SMILES string of the molecule is [2H]C(C)(CC)N(Cc1ccccc1OCCCCCC(=O)O)C(=O)c1ccc(-c2ccco2)cc1. The van der Waals surface area contributed by atoms with Gasteiger partial charge in [-0.25, -0.2) is 0 Å². The minimum Gasteiger partial charge on any atom is -0.493 e. The van der Waals surface area contributed by atoms with Crippen LogP contribution in [0.5, 0.6) is 5.75 Å². The number of carbonyl (C=O) groups is 2. The van der Waals surface area contributed by atoms with Crippen molar-refractivity contribution in [3.8, 4) is 17.1 Å². The number of furan rings is 1. The number of aliphatic carboxylic acids is 1. The predicted molar refractivity (Wildman–Crippen MR) is 132 cm³/mol. The molecule has 6 heteroatoms. The molecule has 0 bridgehead atoms. The molecule has 0 saturated heterocycles. The standard InChI is InChI=1S/C28H33NO5/c1-3-21(2)29(28(32)23-16-14-22(15-17-23)25-12-9-19-34-25)20-24-10-6-7-11-26(24)33-18-8-4-5-13-27(30)31/h6-7,9-12,14-17,19,21H,3-5,8,13,18,20H2,1-2H3,(H,30,31)/i21D. The Hall–Kier alpha value is -3.54. The third-order valence-electron chi connectivity index (χ3n) is 5.75. The highest BCUT2D eigenvalue weighted by atomic mass is 16.5. The average molecular weight is 465 g/mol. The number of nitrogens with zero attached hydrogens (tertiary/aromatic N) is 1. The molecule has 0 spiro atoms. The second-order valence-electron chi connectivity index (χ2n) is 8.20. The van der Waals surface area contributed by atoms with E-state index in [0.717, 1.165) is 29.7 Å². The van der Waals surface area contributed by atoms with Gasteiger partial charge in [0, 0.05) is 35.7 Å². The first-order chi connectivity index (χ1) is 16.8. The van der Waals surface area contributed by atoms with Crippen LogP contribution in [-0.2, 0) is 11.3 Å². The first-order valence-corrected chi connectivity index (χ1v) is 11.7. The van der Waals surface area contributed by atoms with Crippen LogP contribution in [0.25, 0.3) is 11.3 Å². The number of ether oxygens (including phenoxy) is 1. The van der Waals surface area contributed by atoms with E-state index in [2.05, 4.69) is 0 Å². The quantitative estimate of drug-likeness (QED) is 0.296. The number of unbranched alkanes of at least 4 members (excludes halogenated alkanes) is 2. The fraction of sp³-hybridized carbons (Fsp3) is 0.357. The highest BCUT2D eigenvalue weighted by Gasteiger charge is 2.22. The lowest BCUT2D eigenvalue weighted by Crippen LogP contribution is -2.37. The van der Waals surface area contributed by atoms with Crippen molar-refractivity contribution in [2.45, 2.75) is 58.5 Å². The summed E-state index contributed by atoms with van der Waals surface area (Å²) in [5, 5.41) is 8.76. The summed E-state index contributed by atoms with van der Waals surface area (Å²) in [6.45, 7) is 4.34. The van der Waals surface area contributed by atoms with Gasteiger partial charge in [0.15, 0.2) is 0 Å². The molecule has 1 atom stereocenters. The lowest BCUT2D eigenvalue weighted by atomic mass is 10.1. The first kappa shape index (κ1) is 23.6. The van der Waals surface area contributed by atoms with Crippen LogP contribution in [-0.4, -0.2) is 34.5 Å². The van der Waals surface area contributed by atoms with Crippen molar-refractivity contribution in [3.63, 3.8) is 0 Å². The summed E-state index contributed by atoms with van der Waals surface area (Å²) in [6.07, 6.45) is 4.38. The van der Waals surface area contributed by atoms with Gasteiger partial charge < -0.3 is 19.2 Å². The van der Waals surface area contributed by atoms with Gasteiger partial charge in [-0.3, -0.25) is 9.59 Å². The van der Waals surface area contributed by atoms with Crippen molar-refractivity contribution in [2.24, 2.45) is 0 Å². The molecule has 3 rings (SSSR count). The Morgan fingerprint density at radius 2 is 1.82 bits per heavy atom. The fourth-order valence-corrected chi connectivity index (χ4v) is 3.63. The number of hydrogen-bond acceptors (Lipinski definition) is 4. The topological polar surface area (TPSA) is 80.0 Å². The van der Waals surface area contributed by atoms with E-state index in [0.29, 0.717) is 30.8 Å². The minimum atomic E-state index is -1.11. The van der Waals surface area contributed by atoms with Crippen molar-refractivity contribution in [1.29, 1.82) is 0 Å². The summed E-state index contributed by atoms with van der Waals surface area (Å²) in [5.74, 6) is 0.391. The Morgan fingerprint density at radius 1 is 1.06 bits per heavy atom. The molecule has 1 unspecified atom stereocenters. The molecule has 1 aromatic heterocycles. The summed E-state index contributed by atoms with van der Waals surface area (Å²) < 4.78 is 20.2. The highest BCUT2D eigenvalue weighted by Crippen LogP contribution is 2.25. The number of carboxylic acid groups (broad SMARTS) is 1. The number of carbonyl (C=O) groups excluding carboxylic acids is 1. The number of amides is 1. The van der Waals surface area contributed by atoms with Gasteiger partial charge in [-0.15, -0.1) is 0 Å². The van der Waals surface area contributed by atoms with Gasteiger partial charge in [0.05, 0.1) is 14.2 Å². The van der Waals surface area contributed by atoms with Crippen LogP contribution < -0.4 is 4.74 Å². The number of hydrogen-bond donors (Lipinski definition) is 1. The van der Waals surface area contributed by atoms with Crippen LogP contribution in [0.4, 0.5) is 0 Å². The number of rotatable bonds is 13. The normalized spacial score (nSPS) is 13.1. The molecule has 0 aliphatic heterocycles. The van der Waals surface area contributed by atoms with Gasteiger partial charge >= 0.3 is 5.97 Å². The molecule has 0 radical (unpaired) electrons. The molecule has 1 N–H and O–H groups in total. The largest absolute Gasteiger partial charge is 0.493 e. The molecule has 180 valence electrons. The summed E-state index contributed by atoms with van der Waals surface area (Å²) >= 11 is 0. The van der Waals surface area contributed by atoms with Gasteiger partial charge in [-0.1, -0.05) is 37.3 Å². The molecule has 6 nitrogen and oxygen atoms in total. The van der Waals surface area contributed by atoms with E-state index in [-0.39, 0.29) is 18.9 Å². The molecule has 1 amide bonds. The van der Waals surface area contributed by atoms with Gasteiger partial charge in [0.25, 0.3) is 5.91 Å². The van der Waals surface area contributed by atoms with E-state index in [1.165, 1.54) is 0 Å². The Kier molecular flexibility index (Phi) is 8.77. The second-order valence-corrected chi connectivity index (χ2v) is 8.20. The van der Waals surface area contributed by atoms with Gasteiger partial charge in [0.2, 0.25) is 0 Å². The number of para-hydroxylation sites is 1. The van der Waals surface area contributed by atoms with E-state index in [1.54, 1.807) is 30.2 Å². The van der Waals surface area contributed by atoms with Gasteiger partial charge in [0.1, 0.15) is 11.5 Å². The maximum absolute atomic E-state index is 13.5. The molecule has 0 aliphatic rings. The lowest BCUT2D eigenvalue weighted by Gasteiger charge is -2.29. The van der Waals surface area contributed by atoms with Crippen molar-refractivity contribution in [3.05, 3.63) is 78.1 Å². The van der Waals surface area contributed by atoms with Crippen molar-refractivity contribution in [2.75, 3.05) is 6.61 Å². The molecule has 0 aliphatic carbocycles. The van der Waals surface area contributed by atoms with E-state index >= 15 is 0 Å². The Morgan fingerprint density at radius 3 is 2.50 bits per heavy atom. The number of carboxylic acids is 1. The van der Waals surface area contributed by atoms with E-state index in [4.69, 9.17) is 15.6 Å². The second kappa shape index (κ2) is 12.6. The number of benzene rings is 2. The van der Waals surface area contributed by atoms with Crippen LogP contribution in [0.15, 0.2) is 71.3 Å². The highest BCUT2D eigenvalue weighted by molar-refractivity contribution is 5.94. The van der Waals surface area contributed by atoms with E-state index in [1.807, 2.05) is 55.5 Å². The van der Waals surface area contributed by atoms with Crippen LogP contribution in [0.3, 0.4) is 0 Å². The van der Waals surface area contributed by atoms with E-state index in [9.17, 15) is 9.59 Å². The minimum absolute atomic E-state index is 0.162. The smallest absolute Gasteiger partial charge is 0.303 e. The third-order valence-corrected chi connectivity index (χ3v) is 5.75. The lowest BCUT2D eigenvalue weighted by molar-refractivity contribution is -0.137. The van der Waals surface area contributed by atoms with Crippen LogP contribution >= 0.6 is 0 Å². The predicted octanol–water partition coefficient (Wildman–Crippen LogP) is 6.41. The third kappa shape index (κ3) is 6.98. The summed E-state index contributed by atoms with van der Waals surface area (Å²) in [5.41, 5.74) is 2.21. The summed E-state index contributed by atoms with van der Waals surface area (Å²) in [7, 11) is 0. The molecule has 34 heavy (non-hydrogen) atoms. The maximum atomic E-state index is 13.5. The average Bonchev–Trinajstić information content (AvgIpc) is 3.40. The molecule has 3 aromatic rings. The fourth-order valence-electron chi connectivity index (χ4n) is 3.63. The van der Waals surface area contributed by atoms with Crippen molar-refractivity contribution < 1.29 is 25.2 Å². The maximum Gasteiger partial charge on any atom is 0.303 e. The molecule has 0 saturated carbocycles. The molecular formula is C28H33NO5. The van der Waals surface area contributed by atoms with Crippen LogP contribution in [0.2, 0.25) is 0 Å². The monoisotopic (exact) mass is 464 g/mol. The zero-order valence-electron chi connectivity index (χ0n) is 20.8. The van der Waals surface area contributed by atoms with Crippen LogP contribution in [0, 0.1) is 0 Å². The first-order valence-electron chi connectivity index (χ1n) is 12.2. The molecular weight excluding hydrogens is 430 g/mol. The Balaban J connectivity index is 1.73. The van der Waals surface area contributed by atoms with Gasteiger partial charge in [-0.2, -0.15) is 0 Å². The Bertz CT molecular complexity index is 1090. The molecule has 2 aromatic carbocycles. The van der Waals surface area contributed by atoms with E-state index < -0.39 is 12.0 Å². The zero-order chi connectivity index (χ0) is 25.3. The van der Waals surface area contributed by atoms with Gasteiger partial charge in [-0.05, 0) is 62.9 Å². The van der Waals surface area contributed by atoms with Crippen molar-refractivity contribution >= 4 is 11.9 Å². The molecule has 1 heterocycles. The zero-order valence-corrected chi connectivity index (χ0v) is 19.8.